The highest BCUT2D eigenvalue weighted by atomic mass is 16.5. The van der Waals surface area contributed by atoms with E-state index in [0.29, 0.717) is 5.56 Å². The number of pyridine rings is 1. The van der Waals surface area contributed by atoms with Gasteiger partial charge >= 0.3 is 0 Å². The van der Waals surface area contributed by atoms with Crippen molar-refractivity contribution in [2.75, 3.05) is 13.7 Å². The van der Waals surface area contributed by atoms with E-state index in [9.17, 15) is 9.59 Å². The predicted octanol–water partition coefficient (Wildman–Crippen LogP) is 2.24. The maximum atomic E-state index is 12.8. The number of rotatable bonds is 4. The molecule has 1 aliphatic heterocycles. The third-order valence-corrected chi connectivity index (χ3v) is 4.62. The molecule has 0 N–H and O–H groups in total. The van der Waals surface area contributed by atoms with Crippen molar-refractivity contribution in [2.24, 2.45) is 7.05 Å². The molecule has 1 amide bonds. The van der Waals surface area contributed by atoms with Crippen LogP contribution in [0.1, 0.15) is 28.8 Å². The van der Waals surface area contributed by atoms with Crippen LogP contribution >= 0.6 is 0 Å². The fourth-order valence-electron chi connectivity index (χ4n) is 3.33. The van der Waals surface area contributed by atoms with Crippen LogP contribution in [0.3, 0.4) is 0 Å². The highest BCUT2D eigenvalue weighted by Gasteiger charge is 2.30. The van der Waals surface area contributed by atoms with Gasteiger partial charge in [0.1, 0.15) is 5.75 Å². The molecule has 1 aromatic heterocycles. The molecular formula is C19H22N2O3. The summed E-state index contributed by atoms with van der Waals surface area (Å²) in [5, 5.41) is 0. The summed E-state index contributed by atoms with van der Waals surface area (Å²) in [5.74, 6) is 0.849. The van der Waals surface area contributed by atoms with E-state index in [2.05, 4.69) is 0 Å². The predicted molar refractivity (Wildman–Crippen MR) is 92.4 cm³/mol. The Hall–Kier alpha value is -2.56. The summed E-state index contributed by atoms with van der Waals surface area (Å²) >= 11 is 0. The molecule has 3 rings (SSSR count). The molecule has 1 atom stereocenters. The SMILES string of the molecule is COc1ccccc1C[C@@H]1CCCN1C(=O)c1ccc(=O)n(C)c1. The molecule has 24 heavy (non-hydrogen) atoms. The van der Waals surface area contributed by atoms with Crippen molar-refractivity contribution in [1.82, 2.24) is 9.47 Å². The molecular weight excluding hydrogens is 304 g/mol. The Labute approximate surface area is 141 Å². The fourth-order valence-corrected chi connectivity index (χ4v) is 3.33. The number of ether oxygens (including phenoxy) is 1. The lowest BCUT2D eigenvalue weighted by Crippen LogP contribution is -2.37. The minimum atomic E-state index is -0.112. The molecule has 0 bridgehead atoms. The van der Waals surface area contributed by atoms with Gasteiger partial charge in [-0.15, -0.1) is 0 Å². The van der Waals surface area contributed by atoms with Gasteiger partial charge in [0, 0.05) is 31.9 Å². The van der Waals surface area contributed by atoms with Gasteiger partial charge in [0.15, 0.2) is 0 Å². The average molecular weight is 326 g/mol. The van der Waals surface area contributed by atoms with Crippen molar-refractivity contribution >= 4 is 5.91 Å². The van der Waals surface area contributed by atoms with Crippen LogP contribution in [-0.4, -0.2) is 35.1 Å². The van der Waals surface area contributed by atoms with Crippen LogP contribution in [-0.2, 0) is 13.5 Å². The third kappa shape index (κ3) is 3.20. The second-order valence-corrected chi connectivity index (χ2v) is 6.18. The van der Waals surface area contributed by atoms with Gasteiger partial charge in [-0.1, -0.05) is 18.2 Å². The molecule has 126 valence electrons. The monoisotopic (exact) mass is 326 g/mol. The van der Waals surface area contributed by atoms with Crippen LogP contribution in [0.15, 0.2) is 47.4 Å². The third-order valence-electron chi connectivity index (χ3n) is 4.62. The van der Waals surface area contributed by atoms with E-state index in [1.54, 1.807) is 26.4 Å². The van der Waals surface area contributed by atoms with E-state index in [-0.39, 0.29) is 17.5 Å². The normalized spacial score (nSPS) is 17.1. The van der Waals surface area contributed by atoms with Crippen LogP contribution in [0.2, 0.25) is 0 Å². The summed E-state index contributed by atoms with van der Waals surface area (Å²) in [6.07, 6.45) is 4.37. The lowest BCUT2D eigenvalue weighted by atomic mass is 10.0. The van der Waals surface area contributed by atoms with Crippen LogP contribution in [0.25, 0.3) is 0 Å². The Kier molecular flexibility index (Phi) is 4.69. The van der Waals surface area contributed by atoms with E-state index >= 15 is 0 Å². The number of methoxy groups -OCH3 is 1. The lowest BCUT2D eigenvalue weighted by Gasteiger charge is -2.25. The van der Waals surface area contributed by atoms with Gasteiger partial charge in [-0.2, -0.15) is 0 Å². The highest BCUT2D eigenvalue weighted by Crippen LogP contribution is 2.27. The Morgan fingerprint density at radius 3 is 2.79 bits per heavy atom. The number of likely N-dealkylation sites (tertiary alicyclic amines) is 1. The first-order valence-corrected chi connectivity index (χ1v) is 8.19. The molecule has 0 radical (unpaired) electrons. The maximum absolute atomic E-state index is 12.8. The maximum Gasteiger partial charge on any atom is 0.255 e. The Balaban J connectivity index is 1.81. The summed E-state index contributed by atoms with van der Waals surface area (Å²) in [7, 11) is 3.33. The topological polar surface area (TPSA) is 51.5 Å². The number of carbonyl (C=O) groups is 1. The zero-order valence-corrected chi connectivity index (χ0v) is 14.1. The second-order valence-electron chi connectivity index (χ2n) is 6.18. The van der Waals surface area contributed by atoms with Crippen LogP contribution in [0, 0.1) is 0 Å². The number of para-hydroxylation sites is 1. The molecule has 1 aromatic carbocycles. The molecule has 1 fully saturated rings. The Morgan fingerprint density at radius 1 is 1.25 bits per heavy atom. The van der Waals surface area contributed by atoms with Gasteiger partial charge in [-0.3, -0.25) is 9.59 Å². The van der Waals surface area contributed by atoms with Crippen molar-refractivity contribution in [2.45, 2.75) is 25.3 Å². The summed E-state index contributed by atoms with van der Waals surface area (Å²) < 4.78 is 6.87. The van der Waals surface area contributed by atoms with E-state index < -0.39 is 0 Å². The second kappa shape index (κ2) is 6.91. The fraction of sp³-hybridized carbons (Fsp3) is 0.368. The van der Waals surface area contributed by atoms with Crippen LogP contribution < -0.4 is 10.3 Å². The van der Waals surface area contributed by atoms with Crippen molar-refractivity contribution in [3.8, 4) is 5.75 Å². The molecule has 2 heterocycles. The quantitative estimate of drug-likeness (QED) is 0.866. The molecule has 2 aromatic rings. The minimum Gasteiger partial charge on any atom is -0.496 e. The number of aryl methyl sites for hydroxylation is 1. The molecule has 5 heteroatoms. The summed E-state index contributed by atoms with van der Waals surface area (Å²) in [4.78, 5) is 26.3. The van der Waals surface area contributed by atoms with Crippen LogP contribution in [0.4, 0.5) is 0 Å². The smallest absolute Gasteiger partial charge is 0.255 e. The zero-order chi connectivity index (χ0) is 17.1. The number of benzene rings is 1. The molecule has 1 saturated heterocycles. The molecule has 0 spiro atoms. The first-order valence-electron chi connectivity index (χ1n) is 8.19. The number of aromatic nitrogens is 1. The number of hydrogen-bond acceptors (Lipinski definition) is 3. The number of carbonyl (C=O) groups excluding carboxylic acids is 1. The van der Waals surface area contributed by atoms with Gasteiger partial charge in [0.2, 0.25) is 5.56 Å². The van der Waals surface area contributed by atoms with Gasteiger partial charge in [0.25, 0.3) is 5.91 Å². The highest BCUT2D eigenvalue weighted by molar-refractivity contribution is 5.94. The first-order chi connectivity index (χ1) is 11.6. The molecule has 0 saturated carbocycles. The van der Waals surface area contributed by atoms with Crippen molar-refractivity contribution in [3.05, 3.63) is 64.1 Å². The van der Waals surface area contributed by atoms with E-state index in [1.807, 2.05) is 29.2 Å². The summed E-state index contributed by atoms with van der Waals surface area (Å²) in [6.45, 7) is 0.751. The summed E-state index contributed by atoms with van der Waals surface area (Å²) in [5.41, 5.74) is 1.56. The largest absolute Gasteiger partial charge is 0.496 e. The molecule has 0 aliphatic carbocycles. The molecule has 1 aliphatic rings. The zero-order valence-electron chi connectivity index (χ0n) is 14.1. The molecule has 5 nitrogen and oxygen atoms in total. The number of amides is 1. The summed E-state index contributed by atoms with van der Waals surface area (Å²) in [6, 6.07) is 11.2. The standard InChI is InChI=1S/C19H22N2O3/c1-20-13-15(9-10-18(20)22)19(23)21-11-5-7-16(21)12-14-6-3-4-8-17(14)24-2/h3-4,6,8-10,13,16H,5,7,11-12H2,1-2H3/t16-/m0/s1. The van der Waals surface area contributed by atoms with Crippen molar-refractivity contribution < 1.29 is 9.53 Å². The van der Waals surface area contributed by atoms with Crippen molar-refractivity contribution in [3.63, 3.8) is 0 Å². The van der Waals surface area contributed by atoms with Gasteiger partial charge in [-0.25, -0.2) is 0 Å². The van der Waals surface area contributed by atoms with Crippen LogP contribution in [0.5, 0.6) is 5.75 Å². The molecule has 0 unspecified atom stereocenters. The van der Waals surface area contributed by atoms with E-state index in [1.165, 1.54) is 10.6 Å². The number of hydrogen-bond donors (Lipinski definition) is 0. The first kappa shape index (κ1) is 16.3. The van der Waals surface area contributed by atoms with E-state index in [4.69, 9.17) is 4.74 Å². The van der Waals surface area contributed by atoms with E-state index in [0.717, 1.165) is 37.1 Å². The Bertz CT molecular complexity index is 797. The lowest BCUT2D eigenvalue weighted by molar-refractivity contribution is 0.0735. The number of nitrogens with zero attached hydrogens (tertiary/aromatic N) is 2. The van der Waals surface area contributed by atoms with Crippen molar-refractivity contribution in [1.29, 1.82) is 0 Å². The van der Waals surface area contributed by atoms with Gasteiger partial charge in [-0.05, 0) is 37.0 Å². The minimum absolute atomic E-state index is 0.0111. The van der Waals surface area contributed by atoms with Gasteiger partial charge in [0.05, 0.1) is 12.7 Å². The Morgan fingerprint density at radius 2 is 2.04 bits per heavy atom. The average Bonchev–Trinajstić information content (AvgIpc) is 3.05. The van der Waals surface area contributed by atoms with Gasteiger partial charge < -0.3 is 14.2 Å².